The van der Waals surface area contributed by atoms with Gasteiger partial charge < -0.3 is 5.11 Å². The van der Waals surface area contributed by atoms with Crippen molar-refractivity contribution in [3.8, 4) is 16.9 Å². The summed E-state index contributed by atoms with van der Waals surface area (Å²) < 4.78 is 0. The van der Waals surface area contributed by atoms with E-state index in [9.17, 15) is 5.11 Å². The SMILES string of the molecule is CCCCc1ccc(O)c(-c2cccc3[nH]nnc23)c1. The van der Waals surface area contributed by atoms with E-state index in [1.165, 1.54) is 5.56 Å². The maximum Gasteiger partial charge on any atom is 0.123 e. The normalized spacial score (nSPS) is 11.1. The average molecular weight is 267 g/mol. The van der Waals surface area contributed by atoms with E-state index < -0.39 is 0 Å². The van der Waals surface area contributed by atoms with Gasteiger partial charge in [0.25, 0.3) is 0 Å². The highest BCUT2D eigenvalue weighted by molar-refractivity contribution is 5.93. The van der Waals surface area contributed by atoms with Crippen molar-refractivity contribution in [3.63, 3.8) is 0 Å². The van der Waals surface area contributed by atoms with Gasteiger partial charge in [0, 0.05) is 11.1 Å². The number of benzene rings is 2. The Kier molecular flexibility index (Phi) is 3.37. The van der Waals surface area contributed by atoms with Crippen LogP contribution in [0.1, 0.15) is 25.3 Å². The lowest BCUT2D eigenvalue weighted by Crippen LogP contribution is -1.88. The minimum absolute atomic E-state index is 0.278. The van der Waals surface area contributed by atoms with Gasteiger partial charge in [-0.3, -0.25) is 5.10 Å². The number of hydrogen-bond donors (Lipinski definition) is 2. The van der Waals surface area contributed by atoms with Gasteiger partial charge >= 0.3 is 0 Å². The summed E-state index contributed by atoms with van der Waals surface area (Å²) in [6.45, 7) is 2.18. The van der Waals surface area contributed by atoms with Gasteiger partial charge in [0.05, 0.1) is 5.52 Å². The first kappa shape index (κ1) is 12.7. The number of aromatic amines is 1. The number of nitrogens with one attached hydrogen (secondary N) is 1. The summed E-state index contributed by atoms with van der Waals surface area (Å²) >= 11 is 0. The fourth-order valence-corrected chi connectivity index (χ4v) is 2.42. The zero-order chi connectivity index (χ0) is 13.9. The van der Waals surface area contributed by atoms with Gasteiger partial charge in [-0.05, 0) is 36.6 Å². The summed E-state index contributed by atoms with van der Waals surface area (Å²) in [6, 6.07) is 11.6. The van der Waals surface area contributed by atoms with Gasteiger partial charge in [0.2, 0.25) is 0 Å². The van der Waals surface area contributed by atoms with Gasteiger partial charge in [-0.25, -0.2) is 0 Å². The Morgan fingerprint density at radius 2 is 2.05 bits per heavy atom. The van der Waals surface area contributed by atoms with Crippen molar-refractivity contribution in [1.29, 1.82) is 0 Å². The van der Waals surface area contributed by atoms with Gasteiger partial charge in [-0.15, -0.1) is 5.10 Å². The summed E-state index contributed by atoms with van der Waals surface area (Å²) in [5, 5.41) is 21.0. The molecule has 0 aliphatic carbocycles. The molecule has 102 valence electrons. The van der Waals surface area contributed by atoms with E-state index in [1.807, 2.05) is 24.3 Å². The molecular weight excluding hydrogens is 250 g/mol. The lowest BCUT2D eigenvalue weighted by molar-refractivity contribution is 0.477. The highest BCUT2D eigenvalue weighted by atomic mass is 16.3. The maximum atomic E-state index is 10.2. The molecule has 0 bridgehead atoms. The van der Waals surface area contributed by atoms with Crippen LogP contribution in [0.15, 0.2) is 36.4 Å². The smallest absolute Gasteiger partial charge is 0.123 e. The van der Waals surface area contributed by atoms with Crippen LogP contribution in [0.4, 0.5) is 0 Å². The summed E-state index contributed by atoms with van der Waals surface area (Å²) in [5.74, 6) is 0.278. The first-order valence-electron chi connectivity index (χ1n) is 6.91. The molecular formula is C16H17N3O. The second kappa shape index (κ2) is 5.33. The van der Waals surface area contributed by atoms with E-state index in [4.69, 9.17) is 0 Å². The van der Waals surface area contributed by atoms with Gasteiger partial charge in [0.15, 0.2) is 0 Å². The summed E-state index contributed by atoms with van der Waals surface area (Å²) in [4.78, 5) is 0. The number of aromatic hydroxyl groups is 1. The Morgan fingerprint density at radius 1 is 1.15 bits per heavy atom. The lowest BCUT2D eigenvalue weighted by Gasteiger charge is -2.08. The zero-order valence-corrected chi connectivity index (χ0v) is 11.4. The van der Waals surface area contributed by atoms with Crippen LogP contribution < -0.4 is 0 Å². The molecule has 2 aromatic carbocycles. The van der Waals surface area contributed by atoms with Crippen molar-refractivity contribution < 1.29 is 5.11 Å². The number of phenols is 1. The van der Waals surface area contributed by atoms with Gasteiger partial charge in [-0.1, -0.05) is 36.8 Å². The number of hydrogen-bond acceptors (Lipinski definition) is 3. The maximum absolute atomic E-state index is 10.2. The topological polar surface area (TPSA) is 61.8 Å². The second-order valence-electron chi connectivity index (χ2n) is 4.97. The van der Waals surface area contributed by atoms with E-state index in [1.54, 1.807) is 6.07 Å². The molecule has 3 aromatic rings. The number of aryl methyl sites for hydroxylation is 1. The van der Waals surface area contributed by atoms with Crippen LogP contribution in [0, 0.1) is 0 Å². The van der Waals surface area contributed by atoms with Crippen molar-refractivity contribution in [2.75, 3.05) is 0 Å². The molecule has 0 fully saturated rings. The number of unbranched alkanes of at least 4 members (excludes halogenated alkanes) is 1. The van der Waals surface area contributed by atoms with Crippen LogP contribution >= 0.6 is 0 Å². The molecule has 1 heterocycles. The fraction of sp³-hybridized carbons (Fsp3) is 0.250. The van der Waals surface area contributed by atoms with E-state index in [-0.39, 0.29) is 5.75 Å². The van der Waals surface area contributed by atoms with Crippen molar-refractivity contribution in [2.24, 2.45) is 0 Å². The van der Waals surface area contributed by atoms with Crippen LogP contribution in [0.25, 0.3) is 22.2 Å². The predicted octanol–water partition coefficient (Wildman–Crippen LogP) is 3.67. The third-order valence-electron chi connectivity index (χ3n) is 3.53. The number of fused-ring (bicyclic) bond motifs is 1. The monoisotopic (exact) mass is 267 g/mol. The number of aromatic nitrogens is 3. The van der Waals surface area contributed by atoms with E-state index in [2.05, 4.69) is 28.4 Å². The van der Waals surface area contributed by atoms with Gasteiger partial charge in [0.1, 0.15) is 11.3 Å². The highest BCUT2D eigenvalue weighted by Gasteiger charge is 2.11. The number of phenolic OH excluding ortho intramolecular Hbond substituents is 1. The largest absolute Gasteiger partial charge is 0.507 e. The number of rotatable bonds is 4. The molecule has 0 saturated carbocycles. The molecule has 4 heteroatoms. The average Bonchev–Trinajstić information content (AvgIpc) is 2.95. The van der Waals surface area contributed by atoms with Crippen LogP contribution in [-0.4, -0.2) is 20.5 Å². The van der Waals surface area contributed by atoms with Crippen LogP contribution in [-0.2, 0) is 6.42 Å². The molecule has 20 heavy (non-hydrogen) atoms. The minimum atomic E-state index is 0.278. The molecule has 0 amide bonds. The van der Waals surface area contributed by atoms with Crippen molar-refractivity contribution in [1.82, 2.24) is 15.4 Å². The standard InChI is InChI=1S/C16H17N3O/c1-2-3-5-11-8-9-15(20)13(10-11)12-6-4-7-14-16(12)18-19-17-14/h4,6-10,20H,2-3,5H2,1H3,(H,17,18,19). The van der Waals surface area contributed by atoms with Gasteiger partial charge in [-0.2, -0.15) is 0 Å². The number of nitrogens with zero attached hydrogens (tertiary/aromatic N) is 2. The highest BCUT2D eigenvalue weighted by Crippen LogP contribution is 2.33. The quantitative estimate of drug-likeness (QED) is 0.758. The zero-order valence-electron chi connectivity index (χ0n) is 11.4. The summed E-state index contributed by atoms with van der Waals surface area (Å²) in [6.07, 6.45) is 3.34. The molecule has 0 aliphatic heterocycles. The van der Waals surface area contributed by atoms with Crippen LogP contribution in [0.3, 0.4) is 0 Å². The molecule has 0 saturated heterocycles. The molecule has 0 aliphatic rings. The third-order valence-corrected chi connectivity index (χ3v) is 3.53. The summed E-state index contributed by atoms with van der Waals surface area (Å²) in [7, 11) is 0. The molecule has 3 rings (SSSR count). The summed E-state index contributed by atoms with van der Waals surface area (Å²) in [5.41, 5.74) is 4.63. The predicted molar refractivity (Wildman–Crippen MR) is 79.6 cm³/mol. The van der Waals surface area contributed by atoms with E-state index >= 15 is 0 Å². The Bertz CT molecular complexity index is 733. The van der Waals surface area contributed by atoms with E-state index in [0.29, 0.717) is 0 Å². The minimum Gasteiger partial charge on any atom is -0.507 e. The lowest BCUT2D eigenvalue weighted by atomic mass is 9.98. The van der Waals surface area contributed by atoms with Crippen molar-refractivity contribution in [3.05, 3.63) is 42.0 Å². The Hall–Kier alpha value is -2.36. The molecule has 1 aromatic heterocycles. The Morgan fingerprint density at radius 3 is 2.90 bits per heavy atom. The molecule has 2 N–H and O–H groups in total. The fourth-order valence-electron chi connectivity index (χ4n) is 2.42. The molecule has 0 spiro atoms. The molecule has 0 unspecified atom stereocenters. The second-order valence-corrected chi connectivity index (χ2v) is 4.97. The molecule has 0 atom stereocenters. The third kappa shape index (κ3) is 2.25. The van der Waals surface area contributed by atoms with E-state index in [0.717, 1.165) is 41.4 Å². The van der Waals surface area contributed by atoms with Crippen molar-refractivity contribution >= 4 is 11.0 Å². The van der Waals surface area contributed by atoms with Crippen LogP contribution in [0.5, 0.6) is 5.75 Å². The number of H-pyrrole nitrogens is 1. The van der Waals surface area contributed by atoms with Crippen molar-refractivity contribution in [2.45, 2.75) is 26.2 Å². The Labute approximate surface area is 117 Å². The first-order valence-corrected chi connectivity index (χ1v) is 6.91. The molecule has 4 nitrogen and oxygen atoms in total. The molecule has 0 radical (unpaired) electrons. The van der Waals surface area contributed by atoms with Crippen LogP contribution in [0.2, 0.25) is 0 Å². The first-order chi connectivity index (χ1) is 9.79. The Balaban J connectivity index is 2.10.